The van der Waals surface area contributed by atoms with Crippen molar-refractivity contribution >= 4 is 16.9 Å². The molecule has 1 unspecified atom stereocenters. The first-order valence-electron chi connectivity index (χ1n) is 6.85. The predicted molar refractivity (Wildman–Crippen MR) is 78.8 cm³/mol. The van der Waals surface area contributed by atoms with E-state index in [1.54, 1.807) is 12.1 Å². The molecule has 6 heteroatoms. The molecule has 0 saturated heterocycles. The summed E-state index contributed by atoms with van der Waals surface area (Å²) < 4.78 is 5.34. The minimum atomic E-state index is -0.503. The number of carbonyl (C=O) groups is 1. The number of imidazole rings is 1. The lowest BCUT2D eigenvalue weighted by molar-refractivity contribution is 0.100. The van der Waals surface area contributed by atoms with E-state index in [1.165, 1.54) is 0 Å². The van der Waals surface area contributed by atoms with E-state index in [4.69, 9.17) is 10.3 Å². The maximum absolute atomic E-state index is 11.4. The SMILES string of the molecule is CCC(C)c1cc(-c2nc3c(C(N)=O)cccc3[nH]2)on1. The number of nitrogens with two attached hydrogens (primary N) is 1. The fourth-order valence-electron chi connectivity index (χ4n) is 2.19. The van der Waals surface area contributed by atoms with Crippen LogP contribution in [0.1, 0.15) is 42.2 Å². The molecule has 21 heavy (non-hydrogen) atoms. The number of rotatable bonds is 4. The Morgan fingerprint density at radius 2 is 2.29 bits per heavy atom. The van der Waals surface area contributed by atoms with Crippen molar-refractivity contribution in [3.63, 3.8) is 0 Å². The van der Waals surface area contributed by atoms with Crippen molar-refractivity contribution in [2.45, 2.75) is 26.2 Å². The molecule has 0 aliphatic carbocycles. The van der Waals surface area contributed by atoms with Gasteiger partial charge in [-0.05, 0) is 18.6 Å². The number of aromatic nitrogens is 3. The predicted octanol–water partition coefficient (Wildman–Crippen LogP) is 2.83. The van der Waals surface area contributed by atoms with Gasteiger partial charge in [0.1, 0.15) is 5.52 Å². The van der Waals surface area contributed by atoms with Gasteiger partial charge in [0, 0.05) is 12.0 Å². The molecule has 2 aromatic heterocycles. The molecule has 2 heterocycles. The van der Waals surface area contributed by atoms with E-state index in [1.807, 2.05) is 12.1 Å². The zero-order valence-electron chi connectivity index (χ0n) is 11.9. The molecule has 0 spiro atoms. The molecule has 0 fully saturated rings. The third-order valence-electron chi connectivity index (χ3n) is 3.66. The normalized spacial score (nSPS) is 12.7. The largest absolute Gasteiger partial charge is 0.366 e. The molecule has 108 valence electrons. The number of carbonyl (C=O) groups excluding carboxylic acids is 1. The van der Waals surface area contributed by atoms with Crippen molar-refractivity contribution < 1.29 is 9.32 Å². The van der Waals surface area contributed by atoms with Gasteiger partial charge >= 0.3 is 0 Å². The molecule has 0 bridgehead atoms. The summed E-state index contributed by atoms with van der Waals surface area (Å²) in [6, 6.07) is 7.12. The van der Waals surface area contributed by atoms with Gasteiger partial charge in [-0.2, -0.15) is 0 Å². The molecule has 3 rings (SSSR count). The van der Waals surface area contributed by atoms with E-state index >= 15 is 0 Å². The fourth-order valence-corrected chi connectivity index (χ4v) is 2.19. The van der Waals surface area contributed by atoms with Gasteiger partial charge in [0.2, 0.25) is 5.76 Å². The van der Waals surface area contributed by atoms with E-state index in [0.29, 0.717) is 28.6 Å². The monoisotopic (exact) mass is 284 g/mol. The van der Waals surface area contributed by atoms with E-state index in [9.17, 15) is 4.79 Å². The van der Waals surface area contributed by atoms with Crippen LogP contribution in [0.15, 0.2) is 28.8 Å². The Morgan fingerprint density at radius 3 is 3.00 bits per heavy atom. The maximum Gasteiger partial charge on any atom is 0.250 e. The summed E-state index contributed by atoms with van der Waals surface area (Å²) in [6.45, 7) is 4.19. The van der Waals surface area contributed by atoms with Crippen LogP contribution >= 0.6 is 0 Å². The number of aromatic amines is 1. The minimum Gasteiger partial charge on any atom is -0.366 e. The smallest absolute Gasteiger partial charge is 0.250 e. The molecule has 1 aromatic carbocycles. The van der Waals surface area contributed by atoms with Gasteiger partial charge in [-0.25, -0.2) is 4.98 Å². The number of nitrogens with one attached hydrogen (secondary N) is 1. The molecule has 0 saturated carbocycles. The molecule has 0 radical (unpaired) electrons. The van der Waals surface area contributed by atoms with Crippen LogP contribution in [0, 0.1) is 0 Å². The number of primary amides is 1. The third-order valence-corrected chi connectivity index (χ3v) is 3.66. The molecule has 1 amide bonds. The molecule has 3 N–H and O–H groups in total. The zero-order chi connectivity index (χ0) is 15.0. The van der Waals surface area contributed by atoms with E-state index < -0.39 is 5.91 Å². The van der Waals surface area contributed by atoms with Crippen molar-refractivity contribution in [2.24, 2.45) is 5.73 Å². The number of hydrogen-bond donors (Lipinski definition) is 2. The van der Waals surface area contributed by atoms with Crippen LogP contribution < -0.4 is 5.73 Å². The van der Waals surface area contributed by atoms with Crippen LogP contribution in [0.3, 0.4) is 0 Å². The van der Waals surface area contributed by atoms with Crippen molar-refractivity contribution in [1.82, 2.24) is 15.1 Å². The molecular weight excluding hydrogens is 268 g/mol. The summed E-state index contributed by atoms with van der Waals surface area (Å²) in [5.41, 5.74) is 7.92. The highest BCUT2D eigenvalue weighted by atomic mass is 16.5. The van der Waals surface area contributed by atoms with Crippen molar-refractivity contribution in [3.8, 4) is 11.6 Å². The first-order chi connectivity index (χ1) is 10.1. The number of H-pyrrole nitrogens is 1. The number of para-hydroxylation sites is 1. The topological polar surface area (TPSA) is 97.8 Å². The average Bonchev–Trinajstić information content (AvgIpc) is 3.11. The summed E-state index contributed by atoms with van der Waals surface area (Å²) >= 11 is 0. The highest BCUT2D eigenvalue weighted by Crippen LogP contribution is 2.26. The zero-order valence-corrected chi connectivity index (χ0v) is 11.9. The summed E-state index contributed by atoms with van der Waals surface area (Å²) in [5.74, 6) is 0.919. The second kappa shape index (κ2) is 5.05. The summed E-state index contributed by atoms with van der Waals surface area (Å²) in [7, 11) is 0. The van der Waals surface area contributed by atoms with E-state index in [-0.39, 0.29) is 0 Å². The van der Waals surface area contributed by atoms with Crippen LogP contribution in [0.5, 0.6) is 0 Å². The average molecular weight is 284 g/mol. The molecular formula is C15H16N4O2. The fraction of sp³-hybridized carbons (Fsp3) is 0.267. The summed E-state index contributed by atoms with van der Waals surface area (Å²) in [4.78, 5) is 19.0. The Kier molecular flexibility index (Phi) is 3.21. The Bertz CT molecular complexity index is 803. The molecule has 3 aromatic rings. The van der Waals surface area contributed by atoms with Crippen LogP contribution in [-0.2, 0) is 0 Å². The highest BCUT2D eigenvalue weighted by molar-refractivity contribution is 6.04. The quantitative estimate of drug-likeness (QED) is 0.769. The van der Waals surface area contributed by atoms with Crippen molar-refractivity contribution in [3.05, 3.63) is 35.5 Å². The second-order valence-electron chi connectivity index (χ2n) is 5.08. The number of benzene rings is 1. The van der Waals surface area contributed by atoms with Crippen LogP contribution in [0.2, 0.25) is 0 Å². The lowest BCUT2D eigenvalue weighted by Crippen LogP contribution is -2.11. The van der Waals surface area contributed by atoms with Gasteiger partial charge in [0.05, 0.1) is 16.8 Å². The first kappa shape index (κ1) is 13.4. The second-order valence-corrected chi connectivity index (χ2v) is 5.08. The van der Waals surface area contributed by atoms with Crippen LogP contribution in [0.4, 0.5) is 0 Å². The van der Waals surface area contributed by atoms with Crippen molar-refractivity contribution in [1.29, 1.82) is 0 Å². The van der Waals surface area contributed by atoms with E-state index in [0.717, 1.165) is 17.6 Å². The number of amides is 1. The lowest BCUT2D eigenvalue weighted by Gasteiger charge is -1.99. The number of hydrogen-bond acceptors (Lipinski definition) is 4. The van der Waals surface area contributed by atoms with Gasteiger partial charge in [-0.3, -0.25) is 4.79 Å². The van der Waals surface area contributed by atoms with Crippen LogP contribution in [-0.4, -0.2) is 21.0 Å². The lowest BCUT2D eigenvalue weighted by atomic mass is 10.1. The molecule has 6 nitrogen and oxygen atoms in total. The van der Waals surface area contributed by atoms with Gasteiger partial charge in [0.15, 0.2) is 5.82 Å². The Balaban J connectivity index is 2.07. The van der Waals surface area contributed by atoms with E-state index in [2.05, 4.69) is 29.0 Å². The first-order valence-corrected chi connectivity index (χ1v) is 6.85. The molecule has 0 aliphatic heterocycles. The highest BCUT2D eigenvalue weighted by Gasteiger charge is 2.16. The number of nitrogens with zero attached hydrogens (tertiary/aromatic N) is 2. The Morgan fingerprint density at radius 1 is 1.48 bits per heavy atom. The molecule has 1 atom stereocenters. The third kappa shape index (κ3) is 2.29. The Hall–Kier alpha value is -2.63. The van der Waals surface area contributed by atoms with Gasteiger partial charge < -0.3 is 15.2 Å². The van der Waals surface area contributed by atoms with Gasteiger partial charge in [0.25, 0.3) is 5.91 Å². The van der Waals surface area contributed by atoms with Gasteiger partial charge in [-0.15, -0.1) is 0 Å². The Labute approximate surface area is 121 Å². The molecule has 0 aliphatic rings. The summed E-state index contributed by atoms with van der Waals surface area (Å²) in [5, 5.41) is 4.06. The maximum atomic E-state index is 11.4. The standard InChI is InChI=1S/C15H16N4O2/c1-3-8(2)11-7-12(21-19-11)15-17-10-6-4-5-9(14(16)20)13(10)18-15/h4-8H,3H2,1-2H3,(H2,16,20)(H,17,18). The van der Waals surface area contributed by atoms with Crippen molar-refractivity contribution in [2.75, 3.05) is 0 Å². The van der Waals surface area contributed by atoms with Crippen LogP contribution in [0.25, 0.3) is 22.6 Å². The summed E-state index contributed by atoms with van der Waals surface area (Å²) in [6.07, 6.45) is 0.984. The number of fused-ring (bicyclic) bond motifs is 1. The minimum absolute atomic E-state index is 0.327. The van der Waals surface area contributed by atoms with Gasteiger partial charge in [-0.1, -0.05) is 25.1 Å².